The van der Waals surface area contributed by atoms with Crippen LogP contribution >= 0.6 is 0 Å². The van der Waals surface area contributed by atoms with Crippen molar-refractivity contribution in [2.75, 3.05) is 0 Å². The van der Waals surface area contributed by atoms with Gasteiger partial charge in [-0.25, -0.2) is 4.39 Å². The molecule has 16 heavy (non-hydrogen) atoms. The van der Waals surface area contributed by atoms with Gasteiger partial charge in [0.15, 0.2) is 5.82 Å². The lowest BCUT2D eigenvalue weighted by molar-refractivity contribution is -0.139. The Morgan fingerprint density at radius 3 is 2.12 bits per heavy atom. The van der Waals surface area contributed by atoms with Crippen LogP contribution in [0.1, 0.15) is 36.6 Å². The van der Waals surface area contributed by atoms with Crippen molar-refractivity contribution >= 4 is 0 Å². The van der Waals surface area contributed by atoms with Crippen LogP contribution in [0.5, 0.6) is 0 Å². The summed E-state index contributed by atoms with van der Waals surface area (Å²) < 4.78 is 51.5. The van der Waals surface area contributed by atoms with Gasteiger partial charge in [-0.15, -0.1) is 0 Å². The summed E-state index contributed by atoms with van der Waals surface area (Å²) in [7, 11) is 0. The van der Waals surface area contributed by atoms with Gasteiger partial charge in [-0.3, -0.25) is 4.79 Å². The first kappa shape index (κ1) is 12.7. The van der Waals surface area contributed by atoms with Gasteiger partial charge in [-0.1, -0.05) is 13.8 Å². The van der Waals surface area contributed by atoms with Gasteiger partial charge in [0, 0.05) is 11.3 Å². The van der Waals surface area contributed by atoms with Crippen LogP contribution in [-0.2, 0) is 6.18 Å². The number of rotatable bonds is 1. The Labute approximate surface area is 89.3 Å². The lowest BCUT2D eigenvalue weighted by atomic mass is 9.96. The lowest BCUT2D eigenvalue weighted by Crippen LogP contribution is -2.23. The second-order valence-electron chi connectivity index (χ2n) is 3.83. The van der Waals surface area contributed by atoms with E-state index in [1.165, 1.54) is 13.8 Å². The first-order valence-electron chi connectivity index (χ1n) is 4.65. The minimum absolute atomic E-state index is 0.359. The van der Waals surface area contributed by atoms with Crippen molar-refractivity contribution < 1.29 is 17.6 Å². The fourth-order valence-electron chi connectivity index (χ4n) is 1.63. The monoisotopic (exact) mass is 237 g/mol. The molecule has 1 heterocycles. The Kier molecular flexibility index (Phi) is 3.12. The second kappa shape index (κ2) is 3.92. The van der Waals surface area contributed by atoms with Crippen molar-refractivity contribution in [2.45, 2.75) is 32.9 Å². The van der Waals surface area contributed by atoms with E-state index in [1.807, 2.05) is 4.98 Å². The first-order chi connectivity index (χ1) is 7.16. The number of H-pyrrole nitrogens is 1. The number of hydrogen-bond acceptors (Lipinski definition) is 1. The van der Waals surface area contributed by atoms with Crippen molar-refractivity contribution in [3.63, 3.8) is 0 Å². The predicted molar refractivity (Wildman–Crippen MR) is 50.8 cm³/mol. The van der Waals surface area contributed by atoms with Crippen LogP contribution < -0.4 is 5.56 Å². The maximum atomic E-state index is 13.4. The number of aromatic amines is 1. The Morgan fingerprint density at radius 2 is 1.75 bits per heavy atom. The van der Waals surface area contributed by atoms with Crippen LogP contribution in [0, 0.1) is 12.7 Å². The van der Waals surface area contributed by atoms with Crippen molar-refractivity contribution in [2.24, 2.45) is 0 Å². The van der Waals surface area contributed by atoms with E-state index in [4.69, 9.17) is 0 Å². The maximum absolute atomic E-state index is 13.4. The molecule has 0 fully saturated rings. The number of halogens is 4. The fraction of sp³-hybridized carbons (Fsp3) is 0.500. The highest BCUT2D eigenvalue weighted by Gasteiger charge is 2.38. The van der Waals surface area contributed by atoms with E-state index in [-0.39, 0.29) is 5.69 Å². The van der Waals surface area contributed by atoms with Gasteiger partial charge in [-0.2, -0.15) is 13.2 Å². The average Bonchev–Trinajstić information content (AvgIpc) is 2.07. The minimum Gasteiger partial charge on any atom is -0.323 e. The van der Waals surface area contributed by atoms with E-state index in [0.717, 1.165) is 6.92 Å². The predicted octanol–water partition coefficient (Wildman–Crippen LogP) is 2.96. The van der Waals surface area contributed by atoms with Gasteiger partial charge in [0.1, 0.15) is 0 Å². The van der Waals surface area contributed by atoms with Crippen LogP contribution in [0.3, 0.4) is 0 Å². The highest BCUT2D eigenvalue weighted by molar-refractivity contribution is 5.35. The van der Waals surface area contributed by atoms with Crippen LogP contribution in [0.4, 0.5) is 17.6 Å². The summed E-state index contributed by atoms with van der Waals surface area (Å²) in [5, 5.41) is 0. The molecule has 6 heteroatoms. The molecule has 1 aromatic rings. The molecule has 0 amide bonds. The topological polar surface area (TPSA) is 32.9 Å². The highest BCUT2D eigenvalue weighted by atomic mass is 19.4. The van der Waals surface area contributed by atoms with Crippen molar-refractivity contribution in [3.8, 4) is 0 Å². The van der Waals surface area contributed by atoms with Crippen LogP contribution in [0.15, 0.2) is 4.79 Å². The third kappa shape index (κ3) is 2.10. The first-order valence-corrected chi connectivity index (χ1v) is 4.65. The maximum Gasteiger partial charge on any atom is 0.418 e. The zero-order chi connectivity index (χ0) is 12.7. The molecule has 2 nitrogen and oxygen atoms in total. The number of nitrogens with one attached hydrogen (secondary N) is 1. The Bertz CT molecular complexity index is 459. The molecule has 1 aromatic heterocycles. The molecule has 0 atom stereocenters. The average molecular weight is 237 g/mol. The summed E-state index contributed by atoms with van der Waals surface area (Å²) in [6.07, 6.45) is -4.67. The molecule has 0 saturated heterocycles. The van der Waals surface area contributed by atoms with E-state index in [0.29, 0.717) is 0 Å². The summed E-state index contributed by atoms with van der Waals surface area (Å²) in [6.45, 7) is 3.93. The van der Waals surface area contributed by atoms with Gasteiger partial charge in [0.25, 0.3) is 5.56 Å². The van der Waals surface area contributed by atoms with Crippen molar-refractivity contribution in [1.82, 2.24) is 4.98 Å². The normalized spacial score (nSPS) is 12.2. The zero-order valence-electron chi connectivity index (χ0n) is 9.00. The van der Waals surface area contributed by atoms with E-state index in [9.17, 15) is 22.4 Å². The van der Waals surface area contributed by atoms with Crippen LogP contribution in [-0.4, -0.2) is 4.98 Å². The third-order valence-electron chi connectivity index (χ3n) is 2.24. The van der Waals surface area contributed by atoms with Gasteiger partial charge in [0.05, 0.1) is 5.56 Å². The summed E-state index contributed by atoms with van der Waals surface area (Å²) in [6, 6.07) is 0. The number of aryl methyl sites for hydroxylation is 1. The number of pyridine rings is 1. The molecule has 1 N–H and O–H groups in total. The highest BCUT2D eigenvalue weighted by Crippen LogP contribution is 2.36. The van der Waals surface area contributed by atoms with E-state index < -0.39 is 34.6 Å². The second-order valence-corrected chi connectivity index (χ2v) is 3.83. The Morgan fingerprint density at radius 1 is 1.25 bits per heavy atom. The molecule has 0 saturated carbocycles. The van der Waals surface area contributed by atoms with Crippen molar-refractivity contribution in [3.05, 3.63) is 33.0 Å². The zero-order valence-corrected chi connectivity index (χ0v) is 9.00. The quantitative estimate of drug-likeness (QED) is 0.748. The fourth-order valence-corrected chi connectivity index (χ4v) is 1.63. The number of hydrogen-bond donors (Lipinski definition) is 1. The molecule has 0 aromatic carbocycles. The number of alkyl halides is 3. The van der Waals surface area contributed by atoms with Gasteiger partial charge >= 0.3 is 6.18 Å². The summed E-state index contributed by atoms with van der Waals surface area (Å²) in [5.41, 5.74) is -3.13. The van der Waals surface area contributed by atoms with Crippen LogP contribution in [0.25, 0.3) is 0 Å². The molecule has 1 rings (SSSR count). The van der Waals surface area contributed by atoms with Crippen LogP contribution in [0.2, 0.25) is 0 Å². The Hall–Kier alpha value is -1.33. The molecule has 0 bridgehead atoms. The molecule has 0 radical (unpaired) electrons. The molecule has 0 aliphatic heterocycles. The van der Waals surface area contributed by atoms with Gasteiger partial charge < -0.3 is 4.98 Å². The molecule has 0 unspecified atom stereocenters. The van der Waals surface area contributed by atoms with E-state index in [2.05, 4.69) is 0 Å². The molecule has 0 aliphatic rings. The Balaban J connectivity index is 3.72. The largest absolute Gasteiger partial charge is 0.418 e. The molecule has 90 valence electrons. The molecule has 0 spiro atoms. The van der Waals surface area contributed by atoms with E-state index >= 15 is 0 Å². The third-order valence-corrected chi connectivity index (χ3v) is 2.24. The minimum atomic E-state index is -4.67. The smallest absolute Gasteiger partial charge is 0.323 e. The standard InChI is InChI=1S/C10H11F4NO/c1-4(2)6-7(10(12,13)14)5(3)15-9(16)8(6)11/h4H,1-3H3,(H,15,16). The molecule has 0 aliphatic carbocycles. The summed E-state index contributed by atoms with van der Waals surface area (Å²) in [4.78, 5) is 12.9. The van der Waals surface area contributed by atoms with Crippen molar-refractivity contribution in [1.29, 1.82) is 0 Å². The van der Waals surface area contributed by atoms with Gasteiger partial charge in [-0.05, 0) is 12.8 Å². The molecular formula is C10H11F4NO. The number of aromatic nitrogens is 1. The summed E-state index contributed by atoms with van der Waals surface area (Å²) >= 11 is 0. The van der Waals surface area contributed by atoms with E-state index in [1.54, 1.807) is 0 Å². The summed E-state index contributed by atoms with van der Waals surface area (Å²) in [5.74, 6) is -2.06. The lowest BCUT2D eigenvalue weighted by Gasteiger charge is -2.17. The van der Waals surface area contributed by atoms with Gasteiger partial charge in [0.2, 0.25) is 0 Å². The SMILES string of the molecule is Cc1[nH]c(=O)c(F)c(C(C)C)c1C(F)(F)F. The molecular weight excluding hydrogens is 226 g/mol.